The molecule has 0 spiro atoms. The summed E-state index contributed by atoms with van der Waals surface area (Å²) in [5.41, 5.74) is 0.0444. The van der Waals surface area contributed by atoms with E-state index in [1.807, 2.05) is 14.1 Å². The summed E-state index contributed by atoms with van der Waals surface area (Å²) >= 11 is 5.54. The van der Waals surface area contributed by atoms with Crippen LogP contribution in [-0.4, -0.2) is 62.5 Å². The van der Waals surface area contributed by atoms with E-state index in [9.17, 15) is 8.42 Å². The van der Waals surface area contributed by atoms with E-state index >= 15 is 0 Å². The molecule has 0 unspecified atom stereocenters. The van der Waals surface area contributed by atoms with E-state index in [0.717, 1.165) is 12.8 Å². The molecule has 0 heterocycles. The first kappa shape index (κ1) is 15.2. The maximum absolute atomic E-state index is 12.0. The van der Waals surface area contributed by atoms with E-state index in [-0.39, 0.29) is 11.3 Å². The fourth-order valence-corrected chi connectivity index (χ4v) is 3.79. The Morgan fingerprint density at radius 3 is 2.18 bits per heavy atom. The van der Waals surface area contributed by atoms with Gasteiger partial charge in [0, 0.05) is 25.0 Å². The van der Waals surface area contributed by atoms with Gasteiger partial charge < -0.3 is 4.90 Å². The monoisotopic (exact) mass is 282 g/mol. The maximum Gasteiger partial charge on any atom is 0.213 e. The van der Waals surface area contributed by atoms with Gasteiger partial charge in [-0.15, -0.1) is 11.6 Å². The molecule has 1 aliphatic rings. The zero-order chi connectivity index (χ0) is 13.1. The van der Waals surface area contributed by atoms with Gasteiger partial charge in [-0.05, 0) is 39.8 Å². The second-order valence-electron chi connectivity index (χ2n) is 5.09. The van der Waals surface area contributed by atoms with E-state index in [2.05, 4.69) is 4.90 Å². The van der Waals surface area contributed by atoms with Gasteiger partial charge in [-0.2, -0.15) is 0 Å². The first-order valence-corrected chi connectivity index (χ1v) is 8.16. The van der Waals surface area contributed by atoms with Crippen LogP contribution >= 0.6 is 11.6 Å². The van der Waals surface area contributed by atoms with Crippen molar-refractivity contribution in [1.82, 2.24) is 9.21 Å². The molecule has 0 bridgehead atoms. The molecule has 0 N–H and O–H groups in total. The molecule has 0 amide bonds. The van der Waals surface area contributed by atoms with Crippen molar-refractivity contribution < 1.29 is 8.42 Å². The van der Waals surface area contributed by atoms with Crippen molar-refractivity contribution in [2.24, 2.45) is 0 Å². The lowest BCUT2D eigenvalue weighted by atomic mass is 9.75. The average Bonchev–Trinajstić information content (AvgIpc) is 2.19. The van der Waals surface area contributed by atoms with E-state index < -0.39 is 10.0 Å². The number of halogens is 1. The molecule has 0 aromatic carbocycles. The first-order valence-electron chi connectivity index (χ1n) is 6.01. The Morgan fingerprint density at radius 2 is 1.82 bits per heavy atom. The number of sulfonamides is 1. The summed E-state index contributed by atoms with van der Waals surface area (Å²) in [5.74, 6) is 0.544. The average molecular weight is 283 g/mol. The lowest BCUT2D eigenvalue weighted by Crippen LogP contribution is -2.57. The minimum Gasteiger partial charge on any atom is -0.302 e. The molecule has 0 aromatic heterocycles. The topological polar surface area (TPSA) is 40.6 Å². The van der Waals surface area contributed by atoms with Crippen molar-refractivity contribution in [3.05, 3.63) is 0 Å². The van der Waals surface area contributed by atoms with Gasteiger partial charge in [0.25, 0.3) is 0 Å². The maximum atomic E-state index is 12.0. The first-order chi connectivity index (χ1) is 7.84. The van der Waals surface area contributed by atoms with Crippen LogP contribution in [0.2, 0.25) is 0 Å². The van der Waals surface area contributed by atoms with Crippen LogP contribution in [0.1, 0.15) is 25.7 Å². The Kier molecular flexibility index (Phi) is 5.25. The smallest absolute Gasteiger partial charge is 0.213 e. The largest absolute Gasteiger partial charge is 0.302 e. The van der Waals surface area contributed by atoms with Crippen LogP contribution < -0.4 is 0 Å². The van der Waals surface area contributed by atoms with Gasteiger partial charge >= 0.3 is 0 Å². The molecule has 0 radical (unpaired) electrons. The van der Waals surface area contributed by atoms with E-state index in [1.165, 1.54) is 10.7 Å². The number of rotatable bonds is 7. The van der Waals surface area contributed by atoms with Gasteiger partial charge in [-0.1, -0.05) is 0 Å². The van der Waals surface area contributed by atoms with Crippen LogP contribution in [0.5, 0.6) is 0 Å². The van der Waals surface area contributed by atoms with Crippen molar-refractivity contribution in [2.45, 2.75) is 31.2 Å². The second-order valence-corrected chi connectivity index (χ2v) is 7.66. The summed E-state index contributed by atoms with van der Waals surface area (Å²) < 4.78 is 25.5. The van der Waals surface area contributed by atoms with E-state index in [0.29, 0.717) is 18.8 Å². The zero-order valence-corrected chi connectivity index (χ0v) is 12.5. The summed E-state index contributed by atoms with van der Waals surface area (Å²) in [4.78, 5) is 2.16. The van der Waals surface area contributed by atoms with Crippen LogP contribution in [0.15, 0.2) is 0 Å². The molecule has 17 heavy (non-hydrogen) atoms. The second kappa shape index (κ2) is 5.87. The van der Waals surface area contributed by atoms with Gasteiger partial charge in [0.2, 0.25) is 10.0 Å². The van der Waals surface area contributed by atoms with Crippen LogP contribution in [0, 0.1) is 0 Å². The third kappa shape index (κ3) is 3.56. The molecule has 1 saturated carbocycles. The third-order valence-electron chi connectivity index (χ3n) is 3.76. The number of likely N-dealkylation sites (N-methyl/N-ethyl adjacent to an activating group) is 2. The predicted octanol–water partition coefficient (Wildman–Crippen LogP) is 1.36. The Bertz CT molecular complexity index is 339. The quantitative estimate of drug-likeness (QED) is 0.662. The summed E-state index contributed by atoms with van der Waals surface area (Å²) in [6.07, 6.45) is 3.86. The van der Waals surface area contributed by atoms with Crippen LogP contribution in [0.3, 0.4) is 0 Å². The van der Waals surface area contributed by atoms with Crippen molar-refractivity contribution in [3.8, 4) is 0 Å². The summed E-state index contributed by atoms with van der Waals surface area (Å²) in [6.45, 7) is 0.588. The Labute approximate surface area is 110 Å². The molecule has 1 fully saturated rings. The molecule has 6 heteroatoms. The van der Waals surface area contributed by atoms with Crippen molar-refractivity contribution in [3.63, 3.8) is 0 Å². The van der Waals surface area contributed by atoms with E-state index in [1.54, 1.807) is 7.05 Å². The highest BCUT2D eigenvalue weighted by Gasteiger charge is 2.41. The highest BCUT2D eigenvalue weighted by atomic mass is 35.5. The minimum atomic E-state index is -3.14. The highest BCUT2D eigenvalue weighted by Crippen LogP contribution is 2.37. The Hall–Kier alpha value is 0.160. The highest BCUT2D eigenvalue weighted by molar-refractivity contribution is 7.89. The molecule has 0 atom stereocenters. The summed E-state index contributed by atoms with van der Waals surface area (Å²) in [5, 5.41) is 0. The van der Waals surface area contributed by atoms with Crippen molar-refractivity contribution in [2.75, 3.05) is 39.3 Å². The molecule has 0 aliphatic heterocycles. The fraction of sp³-hybridized carbons (Fsp3) is 1.00. The number of hydrogen-bond acceptors (Lipinski definition) is 3. The van der Waals surface area contributed by atoms with Crippen LogP contribution in [0.25, 0.3) is 0 Å². The molecule has 4 nitrogen and oxygen atoms in total. The number of alkyl halides is 1. The Morgan fingerprint density at radius 1 is 1.24 bits per heavy atom. The molecular formula is C11H23ClN2O2S. The molecular weight excluding hydrogens is 260 g/mol. The van der Waals surface area contributed by atoms with E-state index in [4.69, 9.17) is 11.6 Å². The van der Waals surface area contributed by atoms with Gasteiger partial charge in [0.15, 0.2) is 0 Å². The van der Waals surface area contributed by atoms with Crippen molar-refractivity contribution >= 4 is 21.6 Å². The zero-order valence-electron chi connectivity index (χ0n) is 10.9. The van der Waals surface area contributed by atoms with Gasteiger partial charge in [-0.3, -0.25) is 0 Å². The van der Waals surface area contributed by atoms with Crippen LogP contribution in [0.4, 0.5) is 0 Å². The predicted molar refractivity (Wildman–Crippen MR) is 72.0 cm³/mol. The molecule has 1 rings (SSSR count). The summed E-state index contributed by atoms with van der Waals surface area (Å²) in [6, 6.07) is 0. The van der Waals surface area contributed by atoms with Crippen LogP contribution in [-0.2, 0) is 10.0 Å². The molecule has 102 valence electrons. The lowest BCUT2D eigenvalue weighted by Gasteiger charge is -2.49. The molecule has 0 saturated heterocycles. The minimum absolute atomic E-state index is 0.0444. The molecule has 1 aliphatic carbocycles. The number of nitrogens with zero attached hydrogens (tertiary/aromatic N) is 2. The Balaban J connectivity index is 2.61. The fourth-order valence-electron chi connectivity index (χ4n) is 2.24. The number of hydrogen-bond donors (Lipinski definition) is 0. The third-order valence-corrected chi connectivity index (χ3v) is 5.91. The molecule has 0 aromatic rings. The van der Waals surface area contributed by atoms with Crippen molar-refractivity contribution in [1.29, 1.82) is 0 Å². The SMILES string of the molecule is CN(C)C1(CN(C)S(=O)(=O)CCCCl)CCC1. The summed E-state index contributed by atoms with van der Waals surface area (Å²) in [7, 11) is 2.58. The van der Waals surface area contributed by atoms with Gasteiger partial charge in [0.1, 0.15) is 0 Å². The standard InChI is InChI=1S/C11H23ClN2O2S/c1-13(2)11(6-4-7-11)10-14(3)17(15,16)9-5-8-12/h4-10H2,1-3H3. The van der Waals surface area contributed by atoms with Gasteiger partial charge in [0.05, 0.1) is 5.75 Å². The normalized spacial score (nSPS) is 19.6. The van der Waals surface area contributed by atoms with Gasteiger partial charge in [-0.25, -0.2) is 12.7 Å². The lowest BCUT2D eigenvalue weighted by molar-refractivity contribution is 0.0455.